The van der Waals surface area contributed by atoms with Crippen LogP contribution in [0.4, 0.5) is 0 Å². The normalized spacial score (nSPS) is 16.4. The summed E-state index contributed by atoms with van der Waals surface area (Å²) in [6.07, 6.45) is 5.03. The van der Waals surface area contributed by atoms with E-state index in [9.17, 15) is 17.0 Å². The molecule has 0 saturated heterocycles. The van der Waals surface area contributed by atoms with Gasteiger partial charge in [0.1, 0.15) is 0 Å². The monoisotopic (exact) mass is 1020 g/mol. The molecule has 0 spiro atoms. The number of allylic oxidation sites excluding steroid dienone is 2. The van der Waals surface area contributed by atoms with E-state index in [4.69, 9.17) is 0 Å². The molecule has 2 aliphatic rings. The standard InChI is InChI=1S/2C31H27.C2H7Si.2ClH.Zr/c2*1-31(2,3)29-19-18-24-20-25(22-12-6-4-7-13-22)21-28(24)30(29)27-17-11-10-16-26(27)23-14-8-5-9-15-23;1-3-2;;;/h2*4-21H,1-3H3;3H,1-2H3;2*1H;/q;;;;;+2/p-2. The third kappa shape index (κ3) is 7.85. The first-order valence-electron chi connectivity index (χ1n) is 24.3. The first-order chi connectivity index (χ1) is 32.6. The second-order valence-corrected chi connectivity index (χ2v) is 64.0. The molecule has 0 aliphatic heterocycles. The van der Waals surface area contributed by atoms with Gasteiger partial charge in [-0.15, -0.1) is 0 Å². The summed E-state index contributed by atoms with van der Waals surface area (Å²) in [7, 11) is 18.7. The van der Waals surface area contributed by atoms with Gasteiger partial charge in [0.25, 0.3) is 0 Å². The molecule has 0 N–H and O–H groups in total. The summed E-state index contributed by atoms with van der Waals surface area (Å²) in [5.74, 6) is -1.99. The van der Waals surface area contributed by atoms with E-state index in [1.54, 1.807) is 0 Å². The molecule has 0 amide bonds. The molecule has 68 heavy (non-hydrogen) atoms. The topological polar surface area (TPSA) is 0 Å². The predicted molar refractivity (Wildman–Crippen MR) is 297 cm³/mol. The van der Waals surface area contributed by atoms with Crippen LogP contribution in [0.25, 0.3) is 67.8 Å². The van der Waals surface area contributed by atoms with Crippen molar-refractivity contribution in [2.75, 3.05) is 0 Å². The average molecular weight is 1020 g/mol. The van der Waals surface area contributed by atoms with Crippen molar-refractivity contribution in [3.05, 3.63) is 239 Å². The Morgan fingerprint density at radius 1 is 0.368 bits per heavy atom. The van der Waals surface area contributed by atoms with Gasteiger partial charge in [0, 0.05) is 0 Å². The summed E-state index contributed by atoms with van der Waals surface area (Å²) < 4.78 is -0.350. The van der Waals surface area contributed by atoms with Crippen molar-refractivity contribution < 1.29 is 15.6 Å². The number of halogens is 2. The van der Waals surface area contributed by atoms with E-state index in [2.05, 4.69) is 261 Å². The second kappa shape index (κ2) is 17.7. The Morgan fingerprint density at radius 3 is 0.971 bits per heavy atom. The van der Waals surface area contributed by atoms with Crippen LogP contribution in [0.5, 0.6) is 0 Å². The molecule has 0 aromatic heterocycles. The van der Waals surface area contributed by atoms with Gasteiger partial charge in [-0.3, -0.25) is 0 Å². The molecule has 0 bridgehead atoms. The summed E-state index contributed by atoms with van der Waals surface area (Å²) >= 11 is -5.49. The van der Waals surface area contributed by atoms with Gasteiger partial charge in [-0.25, -0.2) is 0 Å². The van der Waals surface area contributed by atoms with E-state index in [0.717, 1.165) is 0 Å². The molecule has 4 heteroatoms. The molecule has 2 aliphatic carbocycles. The number of hydrogen-bond donors (Lipinski definition) is 0. The molecule has 10 rings (SSSR count). The van der Waals surface area contributed by atoms with Crippen molar-refractivity contribution in [1.29, 1.82) is 0 Å². The first-order valence-corrected chi connectivity index (χ1v) is 40.6. The molecular weight excluding hydrogens is 959 g/mol. The Balaban J connectivity index is 1.31. The third-order valence-corrected chi connectivity index (χ3v) is 66.6. The van der Waals surface area contributed by atoms with Crippen LogP contribution in [0.15, 0.2) is 194 Å². The molecule has 0 nitrogen and oxygen atoms in total. The van der Waals surface area contributed by atoms with Gasteiger partial charge in [-0.1, -0.05) is 0 Å². The molecule has 0 heterocycles. The molecule has 2 unspecified atom stereocenters. The first kappa shape index (κ1) is 46.6. The third-order valence-electron chi connectivity index (χ3n) is 15.0. The van der Waals surface area contributed by atoms with Crippen molar-refractivity contribution in [2.45, 2.75) is 72.7 Å². The van der Waals surface area contributed by atoms with Gasteiger partial charge in [0.15, 0.2) is 0 Å². The van der Waals surface area contributed by atoms with Gasteiger partial charge in [0.2, 0.25) is 0 Å². The number of fused-ring (bicyclic) bond motifs is 2. The van der Waals surface area contributed by atoms with Crippen LogP contribution in [-0.4, -0.2) is 5.92 Å². The Morgan fingerprint density at radius 2 is 0.662 bits per heavy atom. The molecule has 2 atom stereocenters. The van der Waals surface area contributed by atoms with Gasteiger partial charge < -0.3 is 0 Å². The van der Waals surface area contributed by atoms with Gasteiger partial charge >= 0.3 is 418 Å². The van der Waals surface area contributed by atoms with Crippen molar-refractivity contribution in [2.24, 2.45) is 0 Å². The Labute approximate surface area is 414 Å². The molecule has 0 saturated carbocycles. The van der Waals surface area contributed by atoms with Crippen molar-refractivity contribution in [3.63, 3.8) is 0 Å². The van der Waals surface area contributed by atoms with E-state index >= 15 is 0 Å². The fraction of sp³-hybridized carbons (Fsp3) is 0.188. The van der Waals surface area contributed by atoms with Crippen molar-refractivity contribution in [3.8, 4) is 44.5 Å². The van der Waals surface area contributed by atoms with E-state index in [0.29, 0.717) is 0 Å². The molecular formula is C64H61Cl2SiZr. The summed E-state index contributed by atoms with van der Waals surface area (Å²) in [4.78, 5) is 0. The minimum atomic E-state index is -5.49. The van der Waals surface area contributed by atoms with Crippen LogP contribution < -0.4 is 0 Å². The van der Waals surface area contributed by atoms with E-state index < -0.39 is 21.5 Å². The molecule has 0 radical (unpaired) electrons. The van der Waals surface area contributed by atoms with Crippen LogP contribution in [0.2, 0.25) is 13.1 Å². The molecule has 8 aromatic carbocycles. The molecule has 339 valence electrons. The Hall–Kier alpha value is -5.08. The maximum atomic E-state index is 9.35. The van der Waals surface area contributed by atoms with Gasteiger partial charge in [0.05, 0.1) is 0 Å². The second-order valence-electron chi connectivity index (χ2n) is 21.5. The van der Waals surface area contributed by atoms with E-state index in [-0.39, 0.29) is 18.1 Å². The van der Waals surface area contributed by atoms with Crippen LogP contribution >= 0.6 is 17.0 Å². The maximum absolute atomic E-state index is 9.35. The molecule has 8 aromatic rings. The fourth-order valence-electron chi connectivity index (χ4n) is 11.7. The van der Waals surface area contributed by atoms with E-state index in [1.165, 1.54) is 100 Å². The van der Waals surface area contributed by atoms with Crippen LogP contribution in [0.1, 0.15) is 93.3 Å². The van der Waals surface area contributed by atoms with Crippen molar-refractivity contribution in [1.82, 2.24) is 0 Å². The molecule has 0 fully saturated rings. The zero-order valence-corrected chi connectivity index (χ0v) is 45.7. The quantitative estimate of drug-likeness (QED) is 0.126. The predicted octanol–water partition coefficient (Wildman–Crippen LogP) is 18.8. The zero-order valence-electron chi connectivity index (χ0n) is 40.6. The van der Waals surface area contributed by atoms with E-state index in [1.807, 2.05) is 0 Å². The SMILES string of the molecule is C[SiH](C)[Zr]([Cl])([Cl])([CH]1C(c2ccccc2)=Cc2c1ccc(C(C)(C)C)c2-c1ccccc1-c1ccccc1)[CH]1C(c2ccccc2)=Cc2c1ccc(C(C)(C)C)c2-c1ccccc1-c1ccccc1. The van der Waals surface area contributed by atoms with Crippen LogP contribution in [0.3, 0.4) is 0 Å². The summed E-state index contributed by atoms with van der Waals surface area (Å²) in [6.45, 7) is 19.0. The number of benzene rings is 8. The van der Waals surface area contributed by atoms with Crippen molar-refractivity contribution >= 4 is 46.2 Å². The Bertz CT molecular complexity index is 3030. The fourth-order valence-corrected chi connectivity index (χ4v) is 41.8. The number of rotatable bonds is 9. The average Bonchev–Trinajstić information content (AvgIpc) is 3.96. The summed E-state index contributed by atoms with van der Waals surface area (Å²) in [6, 6.07) is 71.4. The van der Waals surface area contributed by atoms with Crippen LogP contribution in [0, 0.1) is 0 Å². The zero-order chi connectivity index (χ0) is 47.6. The van der Waals surface area contributed by atoms with Crippen LogP contribution in [-0.2, 0) is 26.4 Å². The Kier molecular flexibility index (Phi) is 12.1. The minimum absolute atomic E-state index is 0.148. The van der Waals surface area contributed by atoms with Gasteiger partial charge in [-0.2, -0.15) is 0 Å². The number of hydrogen-bond acceptors (Lipinski definition) is 0. The summed E-state index contributed by atoms with van der Waals surface area (Å²) in [5, 5.41) is 0. The van der Waals surface area contributed by atoms with Gasteiger partial charge in [-0.05, 0) is 0 Å². The summed E-state index contributed by atoms with van der Waals surface area (Å²) in [5.41, 5.74) is 22.2.